The minimum Gasteiger partial charge on any atom is -0.492 e. The van der Waals surface area contributed by atoms with E-state index >= 15 is 0 Å². The van der Waals surface area contributed by atoms with Gasteiger partial charge in [0, 0.05) is 5.02 Å². The lowest BCUT2D eigenvalue weighted by atomic mass is 10.2. The van der Waals surface area contributed by atoms with Gasteiger partial charge in [-0.2, -0.15) is 0 Å². The first-order chi connectivity index (χ1) is 11.0. The van der Waals surface area contributed by atoms with Crippen LogP contribution >= 0.6 is 11.6 Å². The number of para-hydroxylation sites is 2. The van der Waals surface area contributed by atoms with Crippen molar-refractivity contribution in [2.24, 2.45) is 0 Å². The summed E-state index contributed by atoms with van der Waals surface area (Å²) in [4.78, 5) is 12.3. The highest BCUT2D eigenvalue weighted by atomic mass is 35.5. The summed E-state index contributed by atoms with van der Waals surface area (Å²) in [5.74, 6) is 0.996. The van der Waals surface area contributed by atoms with Gasteiger partial charge in [0.2, 0.25) is 0 Å². The molecule has 1 amide bonds. The number of hydrogen-bond acceptors (Lipinski definition) is 3. The van der Waals surface area contributed by atoms with E-state index in [4.69, 9.17) is 21.1 Å². The molecule has 0 saturated carbocycles. The molecule has 1 atom stereocenters. The lowest BCUT2D eigenvalue weighted by Crippen LogP contribution is -2.30. The molecule has 2 aromatic carbocycles. The summed E-state index contributed by atoms with van der Waals surface area (Å²) in [5.41, 5.74) is 1.53. The Morgan fingerprint density at radius 2 is 2.00 bits per heavy atom. The Hall–Kier alpha value is -2.20. The van der Waals surface area contributed by atoms with Crippen molar-refractivity contribution in [2.45, 2.75) is 26.9 Å². The Morgan fingerprint density at radius 3 is 2.70 bits per heavy atom. The van der Waals surface area contributed by atoms with Crippen molar-refractivity contribution in [2.75, 3.05) is 11.9 Å². The lowest BCUT2D eigenvalue weighted by molar-refractivity contribution is -0.122. The molecule has 0 fully saturated rings. The molecule has 0 aliphatic heterocycles. The number of carbonyl (C=O) groups is 1. The van der Waals surface area contributed by atoms with Crippen molar-refractivity contribution in [3.63, 3.8) is 0 Å². The van der Waals surface area contributed by atoms with E-state index in [0.29, 0.717) is 28.8 Å². The van der Waals surface area contributed by atoms with Gasteiger partial charge in [-0.25, -0.2) is 0 Å². The van der Waals surface area contributed by atoms with E-state index in [0.717, 1.165) is 5.56 Å². The van der Waals surface area contributed by atoms with Crippen LogP contribution in [0.15, 0.2) is 42.5 Å². The van der Waals surface area contributed by atoms with Crippen LogP contribution in [0.25, 0.3) is 0 Å². The van der Waals surface area contributed by atoms with Crippen LogP contribution in [-0.2, 0) is 4.79 Å². The van der Waals surface area contributed by atoms with Crippen LogP contribution in [0, 0.1) is 6.92 Å². The Kier molecular flexibility index (Phi) is 5.88. The number of aryl methyl sites for hydroxylation is 1. The molecular formula is C18H20ClNO3. The molecule has 122 valence electrons. The first kappa shape index (κ1) is 17.2. The van der Waals surface area contributed by atoms with Gasteiger partial charge in [-0.3, -0.25) is 4.79 Å². The highest BCUT2D eigenvalue weighted by Gasteiger charge is 2.17. The zero-order valence-corrected chi connectivity index (χ0v) is 14.2. The quantitative estimate of drug-likeness (QED) is 0.849. The molecule has 0 aliphatic rings. The van der Waals surface area contributed by atoms with Crippen LogP contribution in [0.5, 0.6) is 11.5 Å². The molecule has 2 aromatic rings. The van der Waals surface area contributed by atoms with Crippen LogP contribution in [-0.4, -0.2) is 18.6 Å². The van der Waals surface area contributed by atoms with Crippen molar-refractivity contribution in [3.8, 4) is 11.5 Å². The number of nitrogens with one attached hydrogen (secondary N) is 1. The Balaban J connectivity index is 2.04. The van der Waals surface area contributed by atoms with Crippen LogP contribution in [0.4, 0.5) is 5.69 Å². The maximum absolute atomic E-state index is 12.3. The van der Waals surface area contributed by atoms with Crippen molar-refractivity contribution < 1.29 is 14.3 Å². The predicted octanol–water partition coefficient (Wildman–Crippen LogP) is 4.45. The maximum Gasteiger partial charge on any atom is 0.265 e. The number of benzene rings is 2. The number of ether oxygens (including phenoxy) is 2. The van der Waals surface area contributed by atoms with Crippen molar-refractivity contribution in [3.05, 3.63) is 53.1 Å². The first-order valence-corrected chi connectivity index (χ1v) is 7.84. The summed E-state index contributed by atoms with van der Waals surface area (Å²) >= 11 is 5.99. The molecule has 1 N–H and O–H groups in total. The molecule has 0 bridgehead atoms. The minimum atomic E-state index is -0.648. The van der Waals surface area contributed by atoms with E-state index in [1.807, 2.05) is 32.0 Å². The smallest absolute Gasteiger partial charge is 0.265 e. The molecule has 0 radical (unpaired) electrons. The largest absolute Gasteiger partial charge is 0.492 e. The fourth-order valence-electron chi connectivity index (χ4n) is 2.03. The summed E-state index contributed by atoms with van der Waals surface area (Å²) in [6.45, 7) is 6.01. The number of hydrogen-bond donors (Lipinski definition) is 1. The molecule has 1 unspecified atom stereocenters. The second kappa shape index (κ2) is 7.88. The Bertz CT molecular complexity index is 688. The highest BCUT2D eigenvalue weighted by molar-refractivity contribution is 6.31. The molecule has 0 spiro atoms. The zero-order valence-electron chi connectivity index (χ0n) is 13.4. The van der Waals surface area contributed by atoms with Gasteiger partial charge in [-0.15, -0.1) is 0 Å². The van der Waals surface area contributed by atoms with E-state index < -0.39 is 6.10 Å². The molecule has 0 heterocycles. The van der Waals surface area contributed by atoms with Crippen molar-refractivity contribution >= 4 is 23.2 Å². The third-order valence-electron chi connectivity index (χ3n) is 3.26. The van der Waals surface area contributed by atoms with Crippen molar-refractivity contribution in [1.82, 2.24) is 0 Å². The number of rotatable bonds is 6. The number of carbonyl (C=O) groups excluding carboxylic acids is 1. The molecule has 23 heavy (non-hydrogen) atoms. The zero-order chi connectivity index (χ0) is 16.8. The minimum absolute atomic E-state index is 0.246. The number of halogens is 1. The average Bonchev–Trinajstić information content (AvgIpc) is 2.53. The SMILES string of the molecule is CCOc1ccccc1NC(=O)C(C)Oc1ccc(Cl)c(C)c1. The summed E-state index contributed by atoms with van der Waals surface area (Å²) < 4.78 is 11.2. The Labute approximate surface area is 141 Å². The van der Waals surface area contributed by atoms with E-state index in [2.05, 4.69) is 5.32 Å². The summed E-state index contributed by atoms with van der Waals surface area (Å²) in [7, 11) is 0. The Morgan fingerprint density at radius 1 is 1.26 bits per heavy atom. The standard InChI is InChI=1S/C18H20ClNO3/c1-4-22-17-8-6-5-7-16(17)20-18(21)13(3)23-14-9-10-15(19)12(2)11-14/h5-11,13H,4H2,1-3H3,(H,20,21). The summed E-state index contributed by atoms with van der Waals surface area (Å²) in [6.07, 6.45) is -0.648. The van der Waals surface area contributed by atoms with Gasteiger partial charge in [0.1, 0.15) is 11.5 Å². The number of anilines is 1. The monoisotopic (exact) mass is 333 g/mol. The first-order valence-electron chi connectivity index (χ1n) is 7.46. The van der Waals surface area contributed by atoms with E-state index in [1.54, 1.807) is 31.2 Å². The fraction of sp³-hybridized carbons (Fsp3) is 0.278. The van der Waals surface area contributed by atoms with E-state index in [-0.39, 0.29) is 5.91 Å². The highest BCUT2D eigenvalue weighted by Crippen LogP contribution is 2.25. The van der Waals surface area contributed by atoms with Crippen LogP contribution in [0.3, 0.4) is 0 Å². The second-order valence-electron chi connectivity index (χ2n) is 5.09. The van der Waals surface area contributed by atoms with Crippen LogP contribution < -0.4 is 14.8 Å². The third kappa shape index (κ3) is 4.63. The van der Waals surface area contributed by atoms with E-state index in [1.165, 1.54) is 0 Å². The molecular weight excluding hydrogens is 314 g/mol. The van der Waals surface area contributed by atoms with Gasteiger partial charge in [-0.05, 0) is 56.7 Å². The molecule has 5 heteroatoms. The van der Waals surface area contributed by atoms with E-state index in [9.17, 15) is 4.79 Å². The molecule has 0 aromatic heterocycles. The lowest BCUT2D eigenvalue weighted by Gasteiger charge is -2.17. The second-order valence-corrected chi connectivity index (χ2v) is 5.50. The molecule has 2 rings (SSSR count). The van der Waals surface area contributed by atoms with Gasteiger partial charge in [0.05, 0.1) is 12.3 Å². The van der Waals surface area contributed by atoms with Gasteiger partial charge < -0.3 is 14.8 Å². The van der Waals surface area contributed by atoms with Crippen LogP contribution in [0.2, 0.25) is 5.02 Å². The molecule has 0 aliphatic carbocycles. The van der Waals surface area contributed by atoms with Crippen LogP contribution in [0.1, 0.15) is 19.4 Å². The number of amides is 1. The topological polar surface area (TPSA) is 47.6 Å². The molecule has 0 saturated heterocycles. The van der Waals surface area contributed by atoms with Crippen molar-refractivity contribution in [1.29, 1.82) is 0 Å². The summed E-state index contributed by atoms with van der Waals surface area (Å²) in [6, 6.07) is 12.6. The third-order valence-corrected chi connectivity index (χ3v) is 3.68. The maximum atomic E-state index is 12.3. The van der Waals surface area contributed by atoms with Gasteiger partial charge in [-0.1, -0.05) is 23.7 Å². The predicted molar refractivity (Wildman–Crippen MR) is 92.5 cm³/mol. The molecule has 4 nitrogen and oxygen atoms in total. The fourth-order valence-corrected chi connectivity index (χ4v) is 2.15. The van der Waals surface area contributed by atoms with Gasteiger partial charge >= 0.3 is 0 Å². The van der Waals surface area contributed by atoms with Gasteiger partial charge in [0.25, 0.3) is 5.91 Å². The normalized spacial score (nSPS) is 11.7. The average molecular weight is 334 g/mol. The van der Waals surface area contributed by atoms with Gasteiger partial charge in [0.15, 0.2) is 6.10 Å². The summed E-state index contributed by atoms with van der Waals surface area (Å²) in [5, 5.41) is 3.49.